The van der Waals surface area contributed by atoms with Gasteiger partial charge in [-0.15, -0.1) is 0 Å². The zero-order valence-electron chi connectivity index (χ0n) is 6.26. The topological polar surface area (TPSA) is 20.2 Å². The molecule has 0 saturated carbocycles. The number of rotatable bonds is 5. The van der Waals surface area contributed by atoms with Crippen LogP contribution in [0.1, 0.15) is 26.7 Å². The Morgan fingerprint density at radius 2 is 2.22 bits per heavy atom. The molecule has 0 fully saturated rings. The average molecular weight is 148 g/mol. The second-order valence-corrected chi connectivity index (χ2v) is 3.43. The molecule has 56 valence electrons. The first kappa shape index (κ1) is 9.31. The van der Waals surface area contributed by atoms with E-state index in [1.807, 2.05) is 18.7 Å². The van der Waals surface area contributed by atoms with Gasteiger partial charge in [0.25, 0.3) is 0 Å². The van der Waals surface area contributed by atoms with Crippen molar-refractivity contribution in [1.29, 1.82) is 0 Å². The Labute approximate surface area is 61.8 Å². The van der Waals surface area contributed by atoms with Crippen LogP contribution in [-0.2, 0) is 0 Å². The quantitative estimate of drug-likeness (QED) is 0.601. The minimum atomic E-state index is -0.133. The van der Waals surface area contributed by atoms with Crippen molar-refractivity contribution >= 4 is 11.8 Å². The molecule has 0 amide bonds. The maximum Gasteiger partial charge on any atom is 0.0602 e. The highest BCUT2D eigenvalue weighted by Crippen LogP contribution is 2.05. The highest BCUT2D eigenvalue weighted by atomic mass is 32.2. The van der Waals surface area contributed by atoms with E-state index in [9.17, 15) is 0 Å². The lowest BCUT2D eigenvalue weighted by atomic mass is 10.4. The van der Waals surface area contributed by atoms with Gasteiger partial charge in [-0.05, 0) is 19.1 Å². The highest BCUT2D eigenvalue weighted by Gasteiger charge is 1.93. The highest BCUT2D eigenvalue weighted by molar-refractivity contribution is 7.99. The Balaban J connectivity index is 2.75. The lowest BCUT2D eigenvalue weighted by Gasteiger charge is -2.01. The minimum absolute atomic E-state index is 0.133. The Hall–Kier alpha value is 0.310. The molecule has 0 aromatic carbocycles. The van der Waals surface area contributed by atoms with E-state index in [0.717, 1.165) is 5.75 Å². The molecule has 0 bridgehead atoms. The van der Waals surface area contributed by atoms with Crippen molar-refractivity contribution in [3.05, 3.63) is 0 Å². The van der Waals surface area contributed by atoms with Crippen LogP contribution in [0.4, 0.5) is 0 Å². The second-order valence-electron chi connectivity index (χ2n) is 2.28. The molecule has 0 aliphatic carbocycles. The first-order valence-electron chi connectivity index (χ1n) is 3.53. The van der Waals surface area contributed by atoms with Crippen molar-refractivity contribution in [3.8, 4) is 0 Å². The van der Waals surface area contributed by atoms with Crippen LogP contribution >= 0.6 is 11.8 Å². The van der Waals surface area contributed by atoms with Crippen LogP contribution in [0, 0.1) is 0 Å². The van der Waals surface area contributed by atoms with E-state index in [-0.39, 0.29) is 6.10 Å². The molecule has 1 nitrogen and oxygen atoms in total. The van der Waals surface area contributed by atoms with Gasteiger partial charge in [-0.2, -0.15) is 11.8 Å². The van der Waals surface area contributed by atoms with Gasteiger partial charge in [0.15, 0.2) is 0 Å². The molecule has 9 heavy (non-hydrogen) atoms. The van der Waals surface area contributed by atoms with Gasteiger partial charge in [-0.25, -0.2) is 0 Å². The predicted molar refractivity (Wildman–Crippen MR) is 43.9 cm³/mol. The summed E-state index contributed by atoms with van der Waals surface area (Å²) in [6.07, 6.45) is 2.40. The molecule has 0 spiro atoms. The Bertz CT molecular complexity index is 54.9. The SMILES string of the molecule is CCCCSCC(C)O. The first-order valence-corrected chi connectivity index (χ1v) is 4.68. The molecule has 0 rings (SSSR count). The zero-order chi connectivity index (χ0) is 7.11. The summed E-state index contributed by atoms with van der Waals surface area (Å²) in [5.41, 5.74) is 0. The summed E-state index contributed by atoms with van der Waals surface area (Å²) >= 11 is 1.84. The largest absolute Gasteiger partial charge is 0.393 e. The van der Waals surface area contributed by atoms with E-state index in [1.165, 1.54) is 18.6 Å². The van der Waals surface area contributed by atoms with Gasteiger partial charge in [0.2, 0.25) is 0 Å². The first-order chi connectivity index (χ1) is 4.27. The molecule has 0 heterocycles. The summed E-state index contributed by atoms with van der Waals surface area (Å²) in [4.78, 5) is 0. The summed E-state index contributed by atoms with van der Waals surface area (Å²) in [6, 6.07) is 0. The summed E-state index contributed by atoms with van der Waals surface area (Å²) in [5, 5.41) is 8.83. The number of hydrogen-bond donors (Lipinski definition) is 1. The van der Waals surface area contributed by atoms with Gasteiger partial charge in [-0.3, -0.25) is 0 Å². The van der Waals surface area contributed by atoms with Crippen LogP contribution in [-0.4, -0.2) is 22.7 Å². The van der Waals surface area contributed by atoms with Crippen LogP contribution in [0.5, 0.6) is 0 Å². The summed E-state index contributed by atoms with van der Waals surface area (Å²) in [5.74, 6) is 2.08. The molecule has 1 N–H and O–H groups in total. The van der Waals surface area contributed by atoms with Crippen molar-refractivity contribution in [2.45, 2.75) is 32.8 Å². The third kappa shape index (κ3) is 8.31. The zero-order valence-corrected chi connectivity index (χ0v) is 7.08. The van der Waals surface area contributed by atoms with Crippen LogP contribution in [0.2, 0.25) is 0 Å². The van der Waals surface area contributed by atoms with Crippen LogP contribution in [0.15, 0.2) is 0 Å². The number of hydrogen-bond acceptors (Lipinski definition) is 2. The number of aliphatic hydroxyl groups is 1. The van der Waals surface area contributed by atoms with E-state index in [1.54, 1.807) is 0 Å². The van der Waals surface area contributed by atoms with E-state index >= 15 is 0 Å². The lowest BCUT2D eigenvalue weighted by molar-refractivity contribution is 0.220. The molecule has 2 heteroatoms. The fourth-order valence-electron chi connectivity index (χ4n) is 0.500. The lowest BCUT2D eigenvalue weighted by Crippen LogP contribution is -2.02. The number of aliphatic hydroxyl groups excluding tert-OH is 1. The Morgan fingerprint density at radius 1 is 1.56 bits per heavy atom. The molecule has 1 atom stereocenters. The number of thioether (sulfide) groups is 1. The third-order valence-electron chi connectivity index (χ3n) is 1.00. The molecule has 1 unspecified atom stereocenters. The molecular formula is C7H16OS. The fourth-order valence-corrected chi connectivity index (χ4v) is 1.50. The van der Waals surface area contributed by atoms with Gasteiger partial charge in [-0.1, -0.05) is 13.3 Å². The summed E-state index contributed by atoms with van der Waals surface area (Å²) in [6.45, 7) is 4.02. The van der Waals surface area contributed by atoms with Gasteiger partial charge in [0.1, 0.15) is 0 Å². The van der Waals surface area contributed by atoms with Crippen molar-refractivity contribution < 1.29 is 5.11 Å². The minimum Gasteiger partial charge on any atom is -0.393 e. The van der Waals surface area contributed by atoms with Gasteiger partial charge >= 0.3 is 0 Å². The smallest absolute Gasteiger partial charge is 0.0602 e. The van der Waals surface area contributed by atoms with E-state index < -0.39 is 0 Å². The van der Waals surface area contributed by atoms with Crippen molar-refractivity contribution in [2.24, 2.45) is 0 Å². The average Bonchev–Trinajstić information content (AvgIpc) is 1.80. The molecule has 0 aromatic heterocycles. The monoisotopic (exact) mass is 148 g/mol. The molecule has 0 aliphatic rings. The fraction of sp³-hybridized carbons (Fsp3) is 1.00. The van der Waals surface area contributed by atoms with Crippen LogP contribution in [0.25, 0.3) is 0 Å². The predicted octanol–water partition coefficient (Wildman–Crippen LogP) is 1.90. The van der Waals surface area contributed by atoms with E-state index in [4.69, 9.17) is 5.11 Å². The van der Waals surface area contributed by atoms with E-state index in [0.29, 0.717) is 0 Å². The summed E-state index contributed by atoms with van der Waals surface area (Å²) < 4.78 is 0. The van der Waals surface area contributed by atoms with E-state index in [2.05, 4.69) is 6.92 Å². The van der Waals surface area contributed by atoms with Crippen LogP contribution < -0.4 is 0 Å². The Morgan fingerprint density at radius 3 is 2.67 bits per heavy atom. The van der Waals surface area contributed by atoms with Crippen LogP contribution in [0.3, 0.4) is 0 Å². The molecule has 0 aromatic rings. The Kier molecular flexibility index (Phi) is 6.65. The van der Waals surface area contributed by atoms with Gasteiger partial charge < -0.3 is 5.11 Å². The van der Waals surface area contributed by atoms with Crippen molar-refractivity contribution in [1.82, 2.24) is 0 Å². The molecule has 0 aliphatic heterocycles. The maximum atomic E-state index is 8.83. The molecule has 0 radical (unpaired) electrons. The summed E-state index contributed by atoms with van der Waals surface area (Å²) in [7, 11) is 0. The third-order valence-corrected chi connectivity index (χ3v) is 2.30. The van der Waals surface area contributed by atoms with Gasteiger partial charge in [0, 0.05) is 5.75 Å². The molecular weight excluding hydrogens is 132 g/mol. The van der Waals surface area contributed by atoms with Crippen molar-refractivity contribution in [2.75, 3.05) is 11.5 Å². The maximum absolute atomic E-state index is 8.83. The van der Waals surface area contributed by atoms with Gasteiger partial charge in [0.05, 0.1) is 6.10 Å². The van der Waals surface area contributed by atoms with Crippen molar-refractivity contribution in [3.63, 3.8) is 0 Å². The standard InChI is InChI=1S/C7H16OS/c1-3-4-5-9-6-7(2)8/h7-8H,3-6H2,1-2H3. The molecule has 0 saturated heterocycles. The second kappa shape index (κ2) is 6.43. The number of unbranched alkanes of at least 4 members (excludes halogenated alkanes) is 1. The normalized spacial score (nSPS) is 13.7.